The Hall–Kier alpha value is -1.88. The molecule has 1 aliphatic carbocycles. The summed E-state index contributed by atoms with van der Waals surface area (Å²) in [5, 5.41) is 3.92. The zero-order valence-electron chi connectivity index (χ0n) is 12.5. The van der Waals surface area contributed by atoms with Crippen molar-refractivity contribution in [1.29, 1.82) is 0 Å². The first-order chi connectivity index (χ1) is 10.1. The second kappa shape index (κ2) is 5.85. The van der Waals surface area contributed by atoms with Crippen molar-refractivity contribution in [1.82, 2.24) is 10.1 Å². The fourth-order valence-electron chi connectivity index (χ4n) is 2.61. The molecule has 0 spiro atoms. The molecule has 2 N–H and O–H groups in total. The van der Waals surface area contributed by atoms with Crippen molar-refractivity contribution in [3.05, 3.63) is 41.0 Å². The van der Waals surface area contributed by atoms with Crippen LogP contribution in [0.2, 0.25) is 0 Å². The van der Waals surface area contributed by atoms with Crippen molar-refractivity contribution in [2.75, 3.05) is 0 Å². The summed E-state index contributed by atoms with van der Waals surface area (Å²) in [5.41, 5.74) is 8.70. The number of aryl methyl sites for hydroxylation is 1. The van der Waals surface area contributed by atoms with Crippen molar-refractivity contribution in [3.8, 4) is 5.75 Å². The summed E-state index contributed by atoms with van der Waals surface area (Å²) in [6, 6.07) is 6.26. The van der Waals surface area contributed by atoms with Crippen LogP contribution in [-0.4, -0.2) is 10.1 Å². The molecule has 1 aromatic heterocycles. The lowest BCUT2D eigenvalue weighted by Crippen LogP contribution is -2.17. The van der Waals surface area contributed by atoms with E-state index in [1.807, 2.05) is 26.0 Å². The summed E-state index contributed by atoms with van der Waals surface area (Å²) < 4.78 is 10.9. The van der Waals surface area contributed by atoms with Gasteiger partial charge >= 0.3 is 0 Å². The highest BCUT2D eigenvalue weighted by molar-refractivity contribution is 5.39. The lowest BCUT2D eigenvalue weighted by atomic mass is 9.88. The number of nitrogens with two attached hydrogens (primary N) is 1. The first kappa shape index (κ1) is 14.1. The maximum atomic E-state index is 6.16. The number of fused-ring (bicyclic) bond motifs is 1. The quantitative estimate of drug-likeness (QED) is 0.935. The summed E-state index contributed by atoms with van der Waals surface area (Å²) in [4.78, 5) is 4.30. The molecule has 5 nitrogen and oxygen atoms in total. The van der Waals surface area contributed by atoms with Gasteiger partial charge in [-0.15, -0.1) is 0 Å². The highest BCUT2D eigenvalue weighted by Crippen LogP contribution is 2.31. The van der Waals surface area contributed by atoms with E-state index in [9.17, 15) is 0 Å². The van der Waals surface area contributed by atoms with E-state index in [0.29, 0.717) is 18.3 Å². The van der Waals surface area contributed by atoms with Gasteiger partial charge in [-0.25, -0.2) is 0 Å². The molecule has 0 fully saturated rings. The maximum absolute atomic E-state index is 6.16. The third-order valence-corrected chi connectivity index (χ3v) is 3.82. The molecule has 1 unspecified atom stereocenters. The first-order valence-corrected chi connectivity index (χ1v) is 7.47. The largest absolute Gasteiger partial charge is 0.485 e. The number of hydrogen-bond donors (Lipinski definition) is 1. The minimum atomic E-state index is 0.120. The van der Waals surface area contributed by atoms with Gasteiger partial charge in [0.25, 0.3) is 0 Å². The predicted octanol–water partition coefficient (Wildman–Crippen LogP) is 3.11. The standard InChI is InChI=1S/C16H21N3O2/c1-10(2)16-18-15(19-21-16)9-20-12-7-6-11-4-3-5-14(17)13(11)8-12/h6-8,10,14H,3-5,9,17H2,1-2H3. The lowest BCUT2D eigenvalue weighted by Gasteiger charge is -2.22. The van der Waals surface area contributed by atoms with Gasteiger partial charge < -0.3 is 15.0 Å². The maximum Gasteiger partial charge on any atom is 0.229 e. The summed E-state index contributed by atoms with van der Waals surface area (Å²) in [6.45, 7) is 4.34. The van der Waals surface area contributed by atoms with Gasteiger partial charge in [0, 0.05) is 12.0 Å². The molecule has 1 aromatic carbocycles. The van der Waals surface area contributed by atoms with E-state index in [1.54, 1.807) is 0 Å². The third-order valence-electron chi connectivity index (χ3n) is 3.82. The molecule has 21 heavy (non-hydrogen) atoms. The van der Waals surface area contributed by atoms with Crippen molar-refractivity contribution in [3.63, 3.8) is 0 Å². The smallest absolute Gasteiger partial charge is 0.229 e. The van der Waals surface area contributed by atoms with Crippen LogP contribution in [0.25, 0.3) is 0 Å². The molecule has 112 valence electrons. The molecule has 0 saturated carbocycles. The zero-order chi connectivity index (χ0) is 14.8. The average Bonchev–Trinajstić information content (AvgIpc) is 2.95. The predicted molar refractivity (Wildman–Crippen MR) is 79.0 cm³/mol. The minimum Gasteiger partial charge on any atom is -0.485 e. The van der Waals surface area contributed by atoms with Crippen LogP contribution >= 0.6 is 0 Å². The van der Waals surface area contributed by atoms with Gasteiger partial charge in [0.1, 0.15) is 5.75 Å². The highest BCUT2D eigenvalue weighted by Gasteiger charge is 2.17. The van der Waals surface area contributed by atoms with Crippen LogP contribution in [0.1, 0.15) is 61.5 Å². The summed E-state index contributed by atoms with van der Waals surface area (Å²) >= 11 is 0. The van der Waals surface area contributed by atoms with E-state index in [0.717, 1.165) is 25.0 Å². The van der Waals surface area contributed by atoms with Gasteiger partial charge in [0.2, 0.25) is 11.7 Å². The Balaban J connectivity index is 1.69. The molecule has 1 atom stereocenters. The summed E-state index contributed by atoms with van der Waals surface area (Å²) in [6.07, 6.45) is 3.31. The van der Waals surface area contributed by atoms with E-state index < -0.39 is 0 Å². The second-order valence-corrected chi connectivity index (χ2v) is 5.85. The molecule has 1 heterocycles. The number of rotatable bonds is 4. The Kier molecular flexibility index (Phi) is 3.92. The number of aromatic nitrogens is 2. The molecule has 0 aliphatic heterocycles. The van der Waals surface area contributed by atoms with Crippen LogP contribution in [0.5, 0.6) is 5.75 Å². The number of hydrogen-bond acceptors (Lipinski definition) is 5. The van der Waals surface area contributed by atoms with Crippen LogP contribution in [0.15, 0.2) is 22.7 Å². The molecule has 0 radical (unpaired) electrons. The SMILES string of the molecule is CC(C)c1nc(COc2ccc3c(c2)C(N)CCC3)no1. The molecule has 5 heteroatoms. The normalized spacial score (nSPS) is 17.8. The van der Waals surface area contributed by atoms with Gasteiger partial charge in [0.05, 0.1) is 0 Å². The molecular formula is C16H21N3O2. The highest BCUT2D eigenvalue weighted by atomic mass is 16.5. The molecular weight excluding hydrogens is 266 g/mol. The average molecular weight is 287 g/mol. The summed E-state index contributed by atoms with van der Waals surface area (Å²) in [5.74, 6) is 2.25. The van der Waals surface area contributed by atoms with Crippen LogP contribution in [0.3, 0.4) is 0 Å². The Morgan fingerprint density at radius 3 is 3.05 bits per heavy atom. The van der Waals surface area contributed by atoms with Crippen molar-refractivity contribution in [2.45, 2.75) is 51.7 Å². The Bertz CT molecular complexity index is 622. The van der Waals surface area contributed by atoms with Gasteiger partial charge in [-0.05, 0) is 42.5 Å². The number of ether oxygens (including phenoxy) is 1. The van der Waals surface area contributed by atoms with E-state index >= 15 is 0 Å². The molecule has 2 aromatic rings. The van der Waals surface area contributed by atoms with E-state index in [2.05, 4.69) is 16.2 Å². The number of nitrogens with zero attached hydrogens (tertiary/aromatic N) is 2. The topological polar surface area (TPSA) is 74.2 Å². The Labute approximate surface area is 124 Å². The Morgan fingerprint density at radius 1 is 1.43 bits per heavy atom. The molecule has 0 saturated heterocycles. The molecule has 0 bridgehead atoms. The van der Waals surface area contributed by atoms with Crippen molar-refractivity contribution in [2.24, 2.45) is 5.73 Å². The van der Waals surface area contributed by atoms with Crippen molar-refractivity contribution >= 4 is 0 Å². The number of benzene rings is 1. The van der Waals surface area contributed by atoms with Gasteiger partial charge in [0.15, 0.2) is 6.61 Å². The molecule has 0 amide bonds. The van der Waals surface area contributed by atoms with Gasteiger partial charge in [-0.3, -0.25) is 0 Å². The van der Waals surface area contributed by atoms with Crippen LogP contribution in [0, 0.1) is 0 Å². The lowest BCUT2D eigenvalue weighted by molar-refractivity contribution is 0.283. The fraction of sp³-hybridized carbons (Fsp3) is 0.500. The van der Waals surface area contributed by atoms with Gasteiger partial charge in [-0.1, -0.05) is 25.1 Å². The second-order valence-electron chi connectivity index (χ2n) is 5.85. The van der Waals surface area contributed by atoms with E-state index in [4.69, 9.17) is 15.0 Å². The van der Waals surface area contributed by atoms with E-state index in [-0.39, 0.29) is 12.0 Å². The van der Waals surface area contributed by atoms with Crippen LogP contribution < -0.4 is 10.5 Å². The Morgan fingerprint density at radius 2 is 2.29 bits per heavy atom. The minimum absolute atomic E-state index is 0.120. The first-order valence-electron chi connectivity index (χ1n) is 7.47. The van der Waals surface area contributed by atoms with Crippen LogP contribution in [-0.2, 0) is 13.0 Å². The fourth-order valence-corrected chi connectivity index (χ4v) is 2.61. The monoisotopic (exact) mass is 287 g/mol. The van der Waals surface area contributed by atoms with Crippen molar-refractivity contribution < 1.29 is 9.26 Å². The van der Waals surface area contributed by atoms with E-state index in [1.165, 1.54) is 11.1 Å². The third kappa shape index (κ3) is 3.08. The summed E-state index contributed by atoms with van der Waals surface area (Å²) in [7, 11) is 0. The molecule has 3 rings (SSSR count). The zero-order valence-corrected chi connectivity index (χ0v) is 12.5. The van der Waals surface area contributed by atoms with Crippen LogP contribution in [0.4, 0.5) is 0 Å². The van der Waals surface area contributed by atoms with Gasteiger partial charge in [-0.2, -0.15) is 4.98 Å². The molecule has 1 aliphatic rings.